The summed E-state index contributed by atoms with van der Waals surface area (Å²) in [5, 5.41) is 19.6. The first kappa shape index (κ1) is 13.0. The maximum atomic E-state index is 9.86. The number of hydrogen-bond donors (Lipinski definition) is 1. The number of rotatable bonds is 4. The van der Waals surface area contributed by atoms with E-state index in [1.165, 1.54) is 0 Å². The molecule has 0 aliphatic carbocycles. The van der Waals surface area contributed by atoms with Crippen molar-refractivity contribution in [1.29, 1.82) is 0 Å². The van der Waals surface area contributed by atoms with Crippen LogP contribution in [-0.4, -0.2) is 18.0 Å². The van der Waals surface area contributed by atoms with Crippen LogP contribution in [0.3, 0.4) is 0 Å². The Bertz CT molecular complexity index is 149. The maximum absolute atomic E-state index is 9.86. The monoisotopic (exact) mass is 200 g/mol. The Kier molecular flexibility index (Phi) is 7.29. The van der Waals surface area contributed by atoms with Gasteiger partial charge in [-0.15, -0.1) is 0 Å². The van der Waals surface area contributed by atoms with E-state index in [1.54, 1.807) is 0 Å². The molecule has 0 aromatic rings. The fourth-order valence-electron chi connectivity index (χ4n) is 0.391. The van der Waals surface area contributed by atoms with E-state index >= 15 is 0 Å². The minimum Gasteiger partial charge on any atom is -0.550 e. The van der Waals surface area contributed by atoms with Gasteiger partial charge >= 0.3 is 17.1 Å². The number of carbonyl (C=O) groups is 2. The molecule has 0 aliphatic heterocycles. The van der Waals surface area contributed by atoms with Crippen molar-refractivity contribution in [2.24, 2.45) is 5.73 Å². The predicted octanol–water partition coefficient (Wildman–Crippen LogP) is -3.41. The van der Waals surface area contributed by atoms with Gasteiger partial charge in [0.2, 0.25) is 0 Å². The second-order valence-corrected chi connectivity index (χ2v) is 1.84. The first-order valence-electron chi connectivity index (χ1n) is 2.70. The molecule has 0 saturated heterocycles. The molecule has 0 aromatic heterocycles. The molecule has 2 N–H and O–H groups in total. The van der Waals surface area contributed by atoms with Crippen LogP contribution in [0.1, 0.15) is 12.8 Å². The number of hydrogen-bond acceptors (Lipinski definition) is 5. The fourth-order valence-corrected chi connectivity index (χ4v) is 0.391. The summed E-state index contributed by atoms with van der Waals surface area (Å²) in [6.07, 6.45) is -0.500. The van der Waals surface area contributed by atoms with Gasteiger partial charge in [0.1, 0.15) is 0 Å². The molecule has 0 aliphatic rings. The molecule has 1 atom stereocenters. The number of carboxylic acid groups (broad SMARTS) is 2. The molecule has 0 saturated carbocycles. The Hall–Kier alpha value is -0.581. The van der Waals surface area contributed by atoms with Crippen LogP contribution in [0, 0.1) is 0 Å². The largest absolute Gasteiger partial charge is 2.00 e. The zero-order valence-electron chi connectivity index (χ0n) is 5.58. The van der Waals surface area contributed by atoms with Crippen LogP contribution in [0.25, 0.3) is 0 Å². The van der Waals surface area contributed by atoms with Crippen molar-refractivity contribution in [2.45, 2.75) is 18.9 Å². The van der Waals surface area contributed by atoms with Crippen LogP contribution in [-0.2, 0) is 26.7 Å². The summed E-state index contributed by atoms with van der Waals surface area (Å²) < 4.78 is 0. The minimum atomic E-state index is -1.44. The average Bonchev–Trinajstić information content (AvgIpc) is 1.82. The van der Waals surface area contributed by atoms with Gasteiger partial charge in [0.15, 0.2) is 0 Å². The van der Waals surface area contributed by atoms with Crippen LogP contribution in [0.5, 0.6) is 0 Å². The Labute approximate surface area is 74.0 Å². The summed E-state index contributed by atoms with van der Waals surface area (Å²) in [6.45, 7) is 0. The summed E-state index contributed by atoms with van der Waals surface area (Å²) in [5.74, 6) is -2.75. The first-order chi connectivity index (χ1) is 4.54. The van der Waals surface area contributed by atoms with E-state index in [9.17, 15) is 19.8 Å². The van der Waals surface area contributed by atoms with E-state index < -0.39 is 18.0 Å². The smallest absolute Gasteiger partial charge is 0.550 e. The van der Waals surface area contributed by atoms with E-state index in [-0.39, 0.29) is 29.9 Å². The molecule has 0 rings (SSSR count). The van der Waals surface area contributed by atoms with Crippen LogP contribution < -0.4 is 15.9 Å². The van der Waals surface area contributed by atoms with E-state index in [0.717, 1.165) is 0 Å². The zero-order chi connectivity index (χ0) is 8.15. The van der Waals surface area contributed by atoms with E-state index in [0.29, 0.717) is 0 Å². The molecule has 0 bridgehead atoms. The molecule has 0 spiro atoms. The molecular weight excluding hydrogens is 193 g/mol. The van der Waals surface area contributed by atoms with Crippen molar-refractivity contribution in [1.82, 2.24) is 0 Å². The number of carbonyl (C=O) groups excluding carboxylic acids is 2. The van der Waals surface area contributed by atoms with Gasteiger partial charge in [-0.2, -0.15) is 0 Å². The van der Waals surface area contributed by atoms with Gasteiger partial charge in [-0.3, -0.25) is 0 Å². The van der Waals surface area contributed by atoms with Crippen molar-refractivity contribution in [3.8, 4) is 0 Å². The van der Waals surface area contributed by atoms with Gasteiger partial charge < -0.3 is 25.5 Å². The summed E-state index contributed by atoms with van der Waals surface area (Å²) in [7, 11) is 0. The topological polar surface area (TPSA) is 106 Å². The molecule has 0 aromatic carbocycles. The Morgan fingerprint density at radius 1 is 1.36 bits per heavy atom. The number of aliphatic carboxylic acids is 2. The Balaban J connectivity index is 0. The third-order valence-corrected chi connectivity index (χ3v) is 0.962. The maximum Gasteiger partial charge on any atom is 2.00 e. The van der Waals surface area contributed by atoms with Crippen LogP contribution in [0.2, 0.25) is 0 Å². The van der Waals surface area contributed by atoms with Gasteiger partial charge in [-0.25, -0.2) is 0 Å². The van der Waals surface area contributed by atoms with E-state index in [2.05, 4.69) is 0 Å². The first-order valence-corrected chi connectivity index (χ1v) is 2.70. The second kappa shape index (κ2) is 6.15. The minimum absolute atomic E-state index is 0. The average molecular weight is 200 g/mol. The Morgan fingerprint density at radius 2 is 1.82 bits per heavy atom. The summed E-state index contributed by atoms with van der Waals surface area (Å²) in [4.78, 5) is 19.6. The molecule has 11 heavy (non-hydrogen) atoms. The predicted molar refractivity (Wildman–Crippen MR) is 27.2 cm³/mol. The summed E-state index contributed by atoms with van der Waals surface area (Å²) >= 11 is 0. The van der Waals surface area contributed by atoms with Crippen molar-refractivity contribution >= 4 is 11.9 Å². The number of nitrogens with two attached hydrogens (primary N) is 1. The van der Waals surface area contributed by atoms with Crippen molar-refractivity contribution < 1.29 is 36.9 Å². The van der Waals surface area contributed by atoms with Crippen LogP contribution in [0.4, 0.5) is 0 Å². The quantitative estimate of drug-likeness (QED) is 0.476. The summed E-state index contributed by atoms with van der Waals surface area (Å²) in [5.41, 5.74) is 4.91. The molecular formula is C5H7MnNO4. The molecule has 63 valence electrons. The Morgan fingerprint density at radius 3 is 2.09 bits per heavy atom. The molecule has 1 radical (unpaired) electrons. The third kappa shape index (κ3) is 7.31. The van der Waals surface area contributed by atoms with E-state index in [4.69, 9.17) is 5.73 Å². The molecule has 5 nitrogen and oxygen atoms in total. The second-order valence-electron chi connectivity index (χ2n) is 1.84. The van der Waals surface area contributed by atoms with Crippen LogP contribution >= 0.6 is 0 Å². The van der Waals surface area contributed by atoms with Crippen molar-refractivity contribution in [2.75, 3.05) is 0 Å². The van der Waals surface area contributed by atoms with Gasteiger partial charge in [0.05, 0.1) is 5.97 Å². The molecule has 6 heteroatoms. The van der Waals surface area contributed by atoms with Crippen molar-refractivity contribution in [3.05, 3.63) is 0 Å². The molecule has 0 unspecified atom stereocenters. The third-order valence-electron chi connectivity index (χ3n) is 0.962. The number of carboxylic acids is 2. The van der Waals surface area contributed by atoms with Gasteiger partial charge in [-0.1, -0.05) is 0 Å². The standard InChI is InChI=1S/C5H9NO4.Mn/c6-3(5(9)10)1-2-4(7)8;/h3H,1-2,6H2,(H,7,8)(H,9,10);/q;+2/p-2/t3-;/m0./s1. The molecule has 0 amide bonds. The zero-order valence-corrected chi connectivity index (χ0v) is 6.76. The fraction of sp³-hybridized carbons (Fsp3) is 0.600. The summed E-state index contributed by atoms with van der Waals surface area (Å²) in [6, 6.07) is -1.21. The van der Waals surface area contributed by atoms with Gasteiger partial charge in [-0.05, 0) is 12.8 Å². The van der Waals surface area contributed by atoms with Gasteiger partial charge in [0.25, 0.3) is 0 Å². The molecule has 0 fully saturated rings. The SMILES string of the molecule is N[C@@H](CCC(=O)[O-])C(=O)[O-].[Mn+2]. The van der Waals surface area contributed by atoms with Crippen molar-refractivity contribution in [3.63, 3.8) is 0 Å². The molecule has 0 heterocycles. The van der Waals surface area contributed by atoms with Gasteiger partial charge in [0, 0.05) is 12.0 Å². The van der Waals surface area contributed by atoms with Crippen LogP contribution in [0.15, 0.2) is 0 Å². The van der Waals surface area contributed by atoms with E-state index in [1.807, 2.05) is 0 Å². The normalized spacial score (nSPS) is 11.4.